The average Bonchev–Trinajstić information content (AvgIpc) is 2.63. The van der Waals surface area contributed by atoms with Crippen LogP contribution in [0.5, 0.6) is 0 Å². The van der Waals surface area contributed by atoms with Gasteiger partial charge in [-0.05, 0) is 42.7 Å². The highest BCUT2D eigenvalue weighted by Gasteiger charge is 2.24. The van der Waals surface area contributed by atoms with Crippen LogP contribution < -0.4 is 5.32 Å². The third-order valence-electron chi connectivity index (χ3n) is 4.45. The maximum absolute atomic E-state index is 12.5. The second-order valence-electron chi connectivity index (χ2n) is 6.30. The standard InChI is InChI=1S/C20H21ClN2O2/c21-17-8-6-16(7-9-17)20(25)23-12-10-18(11-13-23)22-19(24)14-15-4-2-1-3-5-15/h1-9,18H,10-14H2,(H,22,24). The number of amides is 2. The molecule has 130 valence electrons. The van der Waals surface area contributed by atoms with Crippen LogP contribution in [0.2, 0.25) is 5.02 Å². The lowest BCUT2D eigenvalue weighted by Gasteiger charge is -2.32. The summed E-state index contributed by atoms with van der Waals surface area (Å²) < 4.78 is 0. The molecule has 2 aromatic rings. The summed E-state index contributed by atoms with van der Waals surface area (Å²) in [5.41, 5.74) is 1.66. The Labute approximate surface area is 152 Å². The first kappa shape index (κ1) is 17.5. The van der Waals surface area contributed by atoms with E-state index in [-0.39, 0.29) is 17.9 Å². The molecule has 1 heterocycles. The number of nitrogens with zero attached hydrogens (tertiary/aromatic N) is 1. The monoisotopic (exact) mass is 356 g/mol. The Balaban J connectivity index is 1.47. The van der Waals surface area contributed by atoms with Crippen LogP contribution in [-0.4, -0.2) is 35.8 Å². The molecule has 1 saturated heterocycles. The van der Waals surface area contributed by atoms with Gasteiger partial charge in [0, 0.05) is 29.7 Å². The van der Waals surface area contributed by atoms with Gasteiger partial charge in [-0.25, -0.2) is 0 Å². The third kappa shape index (κ3) is 4.83. The zero-order valence-corrected chi connectivity index (χ0v) is 14.7. The summed E-state index contributed by atoms with van der Waals surface area (Å²) in [5, 5.41) is 3.70. The molecule has 1 aliphatic heterocycles. The Morgan fingerprint density at radius 2 is 1.64 bits per heavy atom. The number of halogens is 1. The fourth-order valence-electron chi connectivity index (χ4n) is 3.06. The molecule has 2 amide bonds. The van der Waals surface area contributed by atoms with E-state index in [1.807, 2.05) is 35.2 Å². The molecule has 0 atom stereocenters. The van der Waals surface area contributed by atoms with Crippen LogP contribution in [0.1, 0.15) is 28.8 Å². The van der Waals surface area contributed by atoms with Gasteiger partial charge < -0.3 is 10.2 Å². The normalized spacial score (nSPS) is 15.0. The molecule has 1 aliphatic rings. The van der Waals surface area contributed by atoms with Crippen LogP contribution in [0.3, 0.4) is 0 Å². The zero-order chi connectivity index (χ0) is 17.6. The molecule has 0 radical (unpaired) electrons. The van der Waals surface area contributed by atoms with E-state index in [0.29, 0.717) is 30.1 Å². The summed E-state index contributed by atoms with van der Waals surface area (Å²) >= 11 is 5.86. The van der Waals surface area contributed by atoms with Crippen LogP contribution in [0.4, 0.5) is 0 Å². The van der Waals surface area contributed by atoms with E-state index >= 15 is 0 Å². The van der Waals surface area contributed by atoms with Gasteiger partial charge in [0.25, 0.3) is 5.91 Å². The third-order valence-corrected chi connectivity index (χ3v) is 4.70. The van der Waals surface area contributed by atoms with Crippen molar-refractivity contribution in [1.29, 1.82) is 0 Å². The second-order valence-corrected chi connectivity index (χ2v) is 6.74. The first-order valence-corrected chi connectivity index (χ1v) is 8.88. The van der Waals surface area contributed by atoms with Gasteiger partial charge in [0.15, 0.2) is 0 Å². The van der Waals surface area contributed by atoms with E-state index in [0.717, 1.165) is 18.4 Å². The Bertz CT molecular complexity index is 723. The molecule has 2 aromatic carbocycles. The minimum absolute atomic E-state index is 0.0192. The van der Waals surface area contributed by atoms with Crippen molar-refractivity contribution in [2.45, 2.75) is 25.3 Å². The van der Waals surface area contributed by atoms with Crippen molar-refractivity contribution in [3.63, 3.8) is 0 Å². The number of rotatable bonds is 4. The van der Waals surface area contributed by atoms with E-state index in [9.17, 15) is 9.59 Å². The van der Waals surface area contributed by atoms with E-state index in [4.69, 9.17) is 11.6 Å². The molecular weight excluding hydrogens is 336 g/mol. The molecule has 5 heteroatoms. The number of piperidine rings is 1. The predicted octanol–water partition coefficient (Wildman–Crippen LogP) is 3.30. The minimum Gasteiger partial charge on any atom is -0.353 e. The van der Waals surface area contributed by atoms with E-state index in [2.05, 4.69) is 5.32 Å². The zero-order valence-electron chi connectivity index (χ0n) is 14.0. The van der Waals surface area contributed by atoms with Crippen molar-refractivity contribution >= 4 is 23.4 Å². The lowest BCUT2D eigenvalue weighted by Crippen LogP contribution is -2.46. The molecular formula is C20H21ClN2O2. The van der Waals surface area contributed by atoms with Gasteiger partial charge in [-0.15, -0.1) is 0 Å². The fourth-order valence-corrected chi connectivity index (χ4v) is 3.19. The number of hydrogen-bond acceptors (Lipinski definition) is 2. The predicted molar refractivity (Wildman–Crippen MR) is 98.7 cm³/mol. The molecule has 25 heavy (non-hydrogen) atoms. The molecule has 1 N–H and O–H groups in total. The molecule has 4 nitrogen and oxygen atoms in total. The molecule has 0 spiro atoms. The summed E-state index contributed by atoms with van der Waals surface area (Å²) in [5.74, 6) is 0.0550. The van der Waals surface area contributed by atoms with Crippen LogP contribution >= 0.6 is 11.6 Å². The number of nitrogens with one attached hydrogen (secondary N) is 1. The van der Waals surface area contributed by atoms with E-state index < -0.39 is 0 Å². The summed E-state index contributed by atoms with van der Waals surface area (Å²) in [4.78, 5) is 26.5. The first-order chi connectivity index (χ1) is 12.1. The summed E-state index contributed by atoms with van der Waals surface area (Å²) in [6.07, 6.45) is 1.95. The van der Waals surface area contributed by atoms with Gasteiger partial charge >= 0.3 is 0 Å². The molecule has 1 fully saturated rings. The van der Waals surface area contributed by atoms with Gasteiger partial charge in [0.1, 0.15) is 0 Å². The lowest BCUT2D eigenvalue weighted by molar-refractivity contribution is -0.121. The van der Waals surface area contributed by atoms with Crippen LogP contribution in [0.15, 0.2) is 54.6 Å². The molecule has 0 aromatic heterocycles. The number of likely N-dealkylation sites (tertiary alicyclic amines) is 1. The number of carbonyl (C=O) groups excluding carboxylic acids is 2. The number of benzene rings is 2. The summed E-state index contributed by atoms with van der Waals surface area (Å²) in [6.45, 7) is 1.30. The Hall–Kier alpha value is -2.33. The van der Waals surface area contributed by atoms with E-state index in [1.165, 1.54) is 0 Å². The maximum atomic E-state index is 12.5. The highest BCUT2D eigenvalue weighted by molar-refractivity contribution is 6.30. The molecule has 0 unspecified atom stereocenters. The Kier molecular flexibility index (Phi) is 5.71. The van der Waals surface area contributed by atoms with Gasteiger partial charge in [0.05, 0.1) is 6.42 Å². The van der Waals surface area contributed by atoms with Crippen molar-refractivity contribution in [2.24, 2.45) is 0 Å². The molecule has 0 saturated carbocycles. The van der Waals surface area contributed by atoms with Crippen molar-refractivity contribution in [1.82, 2.24) is 10.2 Å². The number of carbonyl (C=O) groups is 2. The van der Waals surface area contributed by atoms with Gasteiger partial charge in [-0.1, -0.05) is 41.9 Å². The quantitative estimate of drug-likeness (QED) is 0.913. The van der Waals surface area contributed by atoms with Crippen molar-refractivity contribution in [3.05, 3.63) is 70.7 Å². The molecule has 0 aliphatic carbocycles. The first-order valence-electron chi connectivity index (χ1n) is 8.50. The second kappa shape index (κ2) is 8.17. The lowest BCUT2D eigenvalue weighted by atomic mass is 10.0. The van der Waals surface area contributed by atoms with Crippen molar-refractivity contribution < 1.29 is 9.59 Å². The van der Waals surface area contributed by atoms with E-state index in [1.54, 1.807) is 24.3 Å². The van der Waals surface area contributed by atoms with Crippen molar-refractivity contribution in [2.75, 3.05) is 13.1 Å². The SMILES string of the molecule is O=C(Cc1ccccc1)NC1CCN(C(=O)c2ccc(Cl)cc2)CC1. The van der Waals surface area contributed by atoms with Gasteiger partial charge in [0.2, 0.25) is 5.91 Å². The minimum atomic E-state index is 0.0192. The highest BCUT2D eigenvalue weighted by atomic mass is 35.5. The summed E-state index contributed by atoms with van der Waals surface area (Å²) in [6, 6.07) is 16.8. The van der Waals surface area contributed by atoms with Crippen molar-refractivity contribution in [3.8, 4) is 0 Å². The van der Waals surface area contributed by atoms with Gasteiger partial charge in [-0.2, -0.15) is 0 Å². The smallest absolute Gasteiger partial charge is 0.253 e. The van der Waals surface area contributed by atoms with Gasteiger partial charge in [-0.3, -0.25) is 9.59 Å². The number of hydrogen-bond donors (Lipinski definition) is 1. The summed E-state index contributed by atoms with van der Waals surface area (Å²) in [7, 11) is 0. The fraction of sp³-hybridized carbons (Fsp3) is 0.300. The molecule has 3 rings (SSSR count). The topological polar surface area (TPSA) is 49.4 Å². The molecule has 0 bridgehead atoms. The largest absolute Gasteiger partial charge is 0.353 e. The highest BCUT2D eigenvalue weighted by Crippen LogP contribution is 2.16. The Morgan fingerprint density at radius 3 is 2.28 bits per heavy atom. The average molecular weight is 357 g/mol. The van der Waals surface area contributed by atoms with Crippen LogP contribution in [0.25, 0.3) is 0 Å². The maximum Gasteiger partial charge on any atom is 0.253 e. The van der Waals surface area contributed by atoms with Crippen LogP contribution in [0, 0.1) is 0 Å². The van der Waals surface area contributed by atoms with Crippen LogP contribution in [-0.2, 0) is 11.2 Å². The Morgan fingerprint density at radius 1 is 1.00 bits per heavy atom.